The van der Waals surface area contributed by atoms with Crippen LogP contribution in [0.5, 0.6) is 0 Å². The minimum atomic E-state index is -0.282. The Labute approximate surface area is 94.7 Å². The summed E-state index contributed by atoms with van der Waals surface area (Å²) < 4.78 is 5.34. The summed E-state index contributed by atoms with van der Waals surface area (Å²) in [5, 5.41) is 9.88. The van der Waals surface area contributed by atoms with E-state index in [-0.39, 0.29) is 5.38 Å². The molecule has 1 unspecified atom stereocenters. The van der Waals surface area contributed by atoms with E-state index < -0.39 is 0 Å². The normalized spacial score (nSPS) is 13.1. The highest BCUT2D eigenvalue weighted by Crippen LogP contribution is 2.33. The Morgan fingerprint density at radius 2 is 2.29 bits per heavy atom. The second-order valence-electron chi connectivity index (χ2n) is 2.66. The number of hydrogen-bond donors (Lipinski definition) is 0. The van der Waals surface area contributed by atoms with Crippen molar-refractivity contribution in [3.05, 3.63) is 22.4 Å². The van der Waals surface area contributed by atoms with Gasteiger partial charge in [-0.05, 0) is 18.4 Å². The first kappa shape index (κ1) is 9.96. The fourth-order valence-corrected chi connectivity index (χ4v) is 2.08. The van der Waals surface area contributed by atoms with Crippen molar-refractivity contribution >= 4 is 34.5 Å². The molecule has 0 bridgehead atoms. The molecule has 0 aliphatic rings. The van der Waals surface area contributed by atoms with Crippen LogP contribution in [0.1, 0.15) is 18.2 Å². The van der Waals surface area contributed by atoms with E-state index in [0.717, 1.165) is 4.88 Å². The van der Waals surface area contributed by atoms with Crippen LogP contribution in [0.25, 0.3) is 10.8 Å². The van der Waals surface area contributed by atoms with E-state index in [4.69, 9.17) is 27.6 Å². The van der Waals surface area contributed by atoms with E-state index in [1.165, 1.54) is 11.3 Å². The van der Waals surface area contributed by atoms with Crippen molar-refractivity contribution in [2.24, 2.45) is 0 Å². The Morgan fingerprint density at radius 3 is 2.79 bits per heavy atom. The fourth-order valence-electron chi connectivity index (χ4n) is 0.933. The number of thiophene rings is 1. The highest BCUT2D eigenvalue weighted by molar-refractivity contribution is 7.14. The lowest BCUT2D eigenvalue weighted by Crippen LogP contribution is -1.81. The molecule has 0 aliphatic heterocycles. The van der Waals surface area contributed by atoms with Crippen LogP contribution >= 0.6 is 34.5 Å². The van der Waals surface area contributed by atoms with Crippen molar-refractivity contribution in [1.29, 1.82) is 0 Å². The second kappa shape index (κ2) is 3.88. The average molecular weight is 249 g/mol. The van der Waals surface area contributed by atoms with Crippen LogP contribution in [0, 0.1) is 0 Å². The summed E-state index contributed by atoms with van der Waals surface area (Å²) in [7, 11) is 0. The Hall–Kier alpha value is -0.580. The van der Waals surface area contributed by atoms with E-state index in [0.29, 0.717) is 16.8 Å². The molecule has 74 valence electrons. The van der Waals surface area contributed by atoms with Crippen molar-refractivity contribution in [3.8, 4) is 10.8 Å². The van der Waals surface area contributed by atoms with Gasteiger partial charge in [-0.3, -0.25) is 0 Å². The number of aromatic nitrogens is 2. The summed E-state index contributed by atoms with van der Waals surface area (Å²) >= 11 is 13.2. The standard InChI is InChI=1S/C8H6Cl2N2OS/c1-4(9)7-11-12-8(13-7)6-5(10)2-3-14-6/h2-4H,1H3. The Kier molecular flexibility index (Phi) is 2.76. The van der Waals surface area contributed by atoms with E-state index in [1.807, 2.05) is 5.38 Å². The van der Waals surface area contributed by atoms with Crippen LogP contribution in [0.2, 0.25) is 5.02 Å². The van der Waals surface area contributed by atoms with Gasteiger partial charge in [-0.25, -0.2) is 0 Å². The molecule has 0 fully saturated rings. The van der Waals surface area contributed by atoms with Crippen LogP contribution < -0.4 is 0 Å². The molecule has 0 saturated heterocycles. The first-order valence-electron chi connectivity index (χ1n) is 3.89. The third kappa shape index (κ3) is 1.78. The van der Waals surface area contributed by atoms with Gasteiger partial charge in [-0.2, -0.15) is 0 Å². The average Bonchev–Trinajstić information content (AvgIpc) is 2.71. The Balaban J connectivity index is 2.39. The molecule has 2 aromatic rings. The predicted molar refractivity (Wildman–Crippen MR) is 56.9 cm³/mol. The smallest absolute Gasteiger partial charge is 0.259 e. The molecule has 0 spiro atoms. The molecule has 0 saturated carbocycles. The van der Waals surface area contributed by atoms with E-state index >= 15 is 0 Å². The molecule has 0 aliphatic carbocycles. The van der Waals surface area contributed by atoms with Crippen LogP contribution in [-0.2, 0) is 0 Å². The SMILES string of the molecule is CC(Cl)c1nnc(-c2sccc2Cl)o1. The molecule has 2 heterocycles. The van der Waals surface area contributed by atoms with E-state index in [2.05, 4.69) is 10.2 Å². The minimum Gasteiger partial charge on any atom is -0.418 e. The van der Waals surface area contributed by atoms with Crippen molar-refractivity contribution in [2.75, 3.05) is 0 Å². The van der Waals surface area contributed by atoms with Gasteiger partial charge in [0.15, 0.2) is 0 Å². The fraction of sp³-hybridized carbons (Fsp3) is 0.250. The zero-order valence-corrected chi connectivity index (χ0v) is 9.53. The van der Waals surface area contributed by atoms with E-state index in [1.54, 1.807) is 13.0 Å². The summed E-state index contributed by atoms with van der Waals surface area (Å²) in [6, 6.07) is 1.79. The monoisotopic (exact) mass is 248 g/mol. The quantitative estimate of drug-likeness (QED) is 0.761. The lowest BCUT2D eigenvalue weighted by Gasteiger charge is -1.92. The van der Waals surface area contributed by atoms with Crippen molar-refractivity contribution in [3.63, 3.8) is 0 Å². The van der Waals surface area contributed by atoms with Crippen LogP contribution in [0.3, 0.4) is 0 Å². The summed E-state index contributed by atoms with van der Waals surface area (Å²) in [6.45, 7) is 1.77. The topological polar surface area (TPSA) is 38.9 Å². The molecule has 6 heteroatoms. The van der Waals surface area contributed by atoms with Crippen molar-refractivity contribution < 1.29 is 4.42 Å². The summed E-state index contributed by atoms with van der Waals surface area (Å²) in [5.41, 5.74) is 0. The van der Waals surface area contributed by atoms with Crippen LogP contribution in [0.4, 0.5) is 0 Å². The largest absolute Gasteiger partial charge is 0.418 e. The molecular formula is C8H6Cl2N2OS. The van der Waals surface area contributed by atoms with E-state index in [9.17, 15) is 0 Å². The molecule has 0 radical (unpaired) electrons. The number of nitrogens with zero attached hydrogens (tertiary/aromatic N) is 2. The Morgan fingerprint density at radius 1 is 1.50 bits per heavy atom. The number of halogens is 2. The lowest BCUT2D eigenvalue weighted by atomic mass is 10.4. The Bertz CT molecular complexity index is 438. The third-order valence-electron chi connectivity index (χ3n) is 1.59. The van der Waals surface area contributed by atoms with Gasteiger partial charge in [0.05, 0.1) is 5.02 Å². The van der Waals surface area contributed by atoms with Gasteiger partial charge in [-0.1, -0.05) is 11.6 Å². The minimum absolute atomic E-state index is 0.282. The predicted octanol–water partition coefficient (Wildman–Crippen LogP) is 3.75. The van der Waals surface area contributed by atoms with Gasteiger partial charge in [0.1, 0.15) is 10.3 Å². The molecule has 1 atom stereocenters. The zero-order chi connectivity index (χ0) is 10.1. The lowest BCUT2D eigenvalue weighted by molar-refractivity contribution is 0.508. The maximum Gasteiger partial charge on any atom is 0.259 e. The van der Waals surface area contributed by atoms with Crippen molar-refractivity contribution in [1.82, 2.24) is 10.2 Å². The molecule has 3 nitrogen and oxygen atoms in total. The van der Waals surface area contributed by atoms with Gasteiger partial charge in [0.25, 0.3) is 5.89 Å². The maximum absolute atomic E-state index is 5.91. The molecule has 14 heavy (non-hydrogen) atoms. The zero-order valence-electron chi connectivity index (χ0n) is 7.20. The molecule has 0 N–H and O–H groups in total. The summed E-state index contributed by atoms with van der Waals surface area (Å²) in [5.74, 6) is 0.832. The van der Waals surface area contributed by atoms with Gasteiger partial charge in [0.2, 0.25) is 5.89 Å². The van der Waals surface area contributed by atoms with Gasteiger partial charge in [0, 0.05) is 0 Å². The highest BCUT2D eigenvalue weighted by atomic mass is 35.5. The molecular weight excluding hydrogens is 243 g/mol. The number of rotatable bonds is 2. The molecule has 0 aromatic carbocycles. The summed E-state index contributed by atoms with van der Waals surface area (Å²) in [4.78, 5) is 0.780. The van der Waals surface area contributed by atoms with Crippen LogP contribution in [0.15, 0.2) is 15.9 Å². The van der Waals surface area contributed by atoms with Gasteiger partial charge >= 0.3 is 0 Å². The molecule has 0 amide bonds. The first-order chi connectivity index (χ1) is 6.68. The van der Waals surface area contributed by atoms with Gasteiger partial charge < -0.3 is 4.42 Å². The van der Waals surface area contributed by atoms with Crippen LogP contribution in [-0.4, -0.2) is 10.2 Å². The molecule has 2 aromatic heterocycles. The van der Waals surface area contributed by atoms with Crippen molar-refractivity contribution in [2.45, 2.75) is 12.3 Å². The molecule has 2 rings (SSSR count). The second-order valence-corrected chi connectivity index (χ2v) is 4.64. The maximum atomic E-state index is 5.91. The number of hydrogen-bond acceptors (Lipinski definition) is 4. The third-order valence-corrected chi connectivity index (χ3v) is 3.11. The first-order valence-corrected chi connectivity index (χ1v) is 5.58. The number of alkyl halides is 1. The van der Waals surface area contributed by atoms with Gasteiger partial charge in [-0.15, -0.1) is 33.1 Å². The highest BCUT2D eigenvalue weighted by Gasteiger charge is 2.15. The summed E-state index contributed by atoms with van der Waals surface area (Å²) in [6.07, 6.45) is 0.